The predicted octanol–water partition coefficient (Wildman–Crippen LogP) is 1.30. The number of nitrogens with zero attached hydrogens (tertiary/aromatic N) is 1. The molecule has 0 aliphatic carbocycles. The van der Waals surface area contributed by atoms with E-state index in [1.807, 2.05) is 23.1 Å². The molecule has 0 amide bonds. The van der Waals surface area contributed by atoms with E-state index in [1.54, 1.807) is 13.2 Å². The van der Waals surface area contributed by atoms with Gasteiger partial charge in [0.2, 0.25) is 0 Å². The Balaban J connectivity index is 2.71. The van der Waals surface area contributed by atoms with Crippen LogP contribution in [0.25, 0.3) is 0 Å². The number of benzene rings is 1. The summed E-state index contributed by atoms with van der Waals surface area (Å²) in [5.41, 5.74) is 0.786. The topological polar surface area (TPSA) is 32.7 Å². The maximum Gasteiger partial charge on any atom is 0.119 e. The number of terminal acetylenes is 2. The SMILES string of the molecule is C#CCN(CC#C)CC(O)c1cccc(OC)c1. The number of rotatable bonds is 6. The van der Waals surface area contributed by atoms with Gasteiger partial charge in [-0.05, 0) is 17.7 Å². The summed E-state index contributed by atoms with van der Waals surface area (Å²) < 4.78 is 5.12. The van der Waals surface area contributed by atoms with Crippen LogP contribution in [-0.4, -0.2) is 36.8 Å². The molecule has 0 heterocycles. The standard InChI is InChI=1S/C15H17NO2/c1-4-9-16(10-5-2)12-15(17)13-7-6-8-14(11-13)18-3/h1-2,6-8,11,15,17H,9-10,12H2,3H3. The van der Waals surface area contributed by atoms with Crippen LogP contribution >= 0.6 is 0 Å². The third-order valence-corrected chi connectivity index (χ3v) is 2.54. The summed E-state index contributed by atoms with van der Waals surface area (Å²) >= 11 is 0. The van der Waals surface area contributed by atoms with Crippen LogP contribution in [0.3, 0.4) is 0 Å². The van der Waals surface area contributed by atoms with E-state index in [2.05, 4.69) is 11.8 Å². The Hall–Kier alpha value is -1.94. The Morgan fingerprint density at radius 2 is 2.00 bits per heavy atom. The van der Waals surface area contributed by atoms with Gasteiger partial charge in [0.1, 0.15) is 5.75 Å². The molecule has 3 heteroatoms. The van der Waals surface area contributed by atoms with Crippen LogP contribution in [0.2, 0.25) is 0 Å². The van der Waals surface area contributed by atoms with Gasteiger partial charge in [-0.25, -0.2) is 0 Å². The number of aliphatic hydroxyl groups is 1. The molecule has 0 saturated carbocycles. The van der Waals surface area contributed by atoms with Crippen molar-refractivity contribution in [3.05, 3.63) is 29.8 Å². The van der Waals surface area contributed by atoms with Crippen molar-refractivity contribution in [2.75, 3.05) is 26.7 Å². The molecule has 1 rings (SSSR count). The minimum Gasteiger partial charge on any atom is -0.497 e. The van der Waals surface area contributed by atoms with Crippen molar-refractivity contribution in [1.82, 2.24) is 4.90 Å². The van der Waals surface area contributed by atoms with Gasteiger partial charge in [0.05, 0.1) is 26.3 Å². The Morgan fingerprint density at radius 3 is 2.56 bits per heavy atom. The third-order valence-electron chi connectivity index (χ3n) is 2.54. The average molecular weight is 243 g/mol. The summed E-state index contributed by atoms with van der Waals surface area (Å²) in [4.78, 5) is 1.84. The number of ether oxygens (including phenoxy) is 1. The summed E-state index contributed by atoms with van der Waals surface area (Å²) in [5, 5.41) is 10.1. The van der Waals surface area contributed by atoms with E-state index in [9.17, 15) is 5.11 Å². The normalized spacial score (nSPS) is 11.6. The monoisotopic (exact) mass is 243 g/mol. The maximum absolute atomic E-state index is 10.1. The highest BCUT2D eigenvalue weighted by atomic mass is 16.5. The Labute approximate surface area is 108 Å². The molecule has 0 aliphatic heterocycles. The van der Waals surface area contributed by atoms with E-state index in [4.69, 9.17) is 17.6 Å². The van der Waals surface area contributed by atoms with E-state index in [1.165, 1.54) is 0 Å². The predicted molar refractivity (Wildman–Crippen MR) is 72.1 cm³/mol. The zero-order valence-electron chi connectivity index (χ0n) is 10.5. The molecule has 1 atom stereocenters. The zero-order chi connectivity index (χ0) is 13.4. The lowest BCUT2D eigenvalue weighted by atomic mass is 10.1. The molecule has 0 bridgehead atoms. The van der Waals surface area contributed by atoms with E-state index >= 15 is 0 Å². The van der Waals surface area contributed by atoms with Gasteiger partial charge in [-0.1, -0.05) is 24.0 Å². The van der Waals surface area contributed by atoms with Gasteiger partial charge in [0.25, 0.3) is 0 Å². The van der Waals surface area contributed by atoms with Crippen LogP contribution in [0, 0.1) is 24.7 Å². The summed E-state index contributed by atoms with van der Waals surface area (Å²) in [6.45, 7) is 1.25. The van der Waals surface area contributed by atoms with Crippen LogP contribution in [0.4, 0.5) is 0 Å². The van der Waals surface area contributed by atoms with Gasteiger partial charge >= 0.3 is 0 Å². The molecule has 0 aromatic heterocycles. The molecule has 18 heavy (non-hydrogen) atoms. The first-order valence-corrected chi connectivity index (χ1v) is 5.62. The van der Waals surface area contributed by atoms with Crippen molar-refractivity contribution in [2.24, 2.45) is 0 Å². The molecule has 0 aliphatic rings. The number of methoxy groups -OCH3 is 1. The molecular weight excluding hydrogens is 226 g/mol. The van der Waals surface area contributed by atoms with E-state index in [0.29, 0.717) is 25.4 Å². The molecule has 3 nitrogen and oxygen atoms in total. The second kappa shape index (κ2) is 7.40. The van der Waals surface area contributed by atoms with Gasteiger partial charge < -0.3 is 9.84 Å². The molecule has 0 radical (unpaired) electrons. The second-order valence-electron chi connectivity index (χ2n) is 3.87. The Morgan fingerprint density at radius 1 is 1.33 bits per heavy atom. The van der Waals surface area contributed by atoms with E-state index < -0.39 is 6.10 Å². The summed E-state index contributed by atoms with van der Waals surface area (Å²) in [7, 11) is 1.59. The fraction of sp³-hybridized carbons (Fsp3) is 0.333. The van der Waals surface area contributed by atoms with Crippen LogP contribution in [-0.2, 0) is 0 Å². The summed E-state index contributed by atoms with van der Waals surface area (Å²) in [6, 6.07) is 7.31. The molecule has 94 valence electrons. The molecule has 0 spiro atoms. The van der Waals surface area contributed by atoms with E-state index in [-0.39, 0.29) is 0 Å². The van der Waals surface area contributed by atoms with Crippen LogP contribution in [0.5, 0.6) is 5.75 Å². The third kappa shape index (κ3) is 4.14. The number of hydrogen-bond donors (Lipinski definition) is 1. The second-order valence-corrected chi connectivity index (χ2v) is 3.87. The largest absolute Gasteiger partial charge is 0.497 e. The highest BCUT2D eigenvalue weighted by molar-refractivity contribution is 5.30. The first-order chi connectivity index (χ1) is 8.71. The van der Waals surface area contributed by atoms with Crippen LogP contribution in [0.1, 0.15) is 11.7 Å². The lowest BCUT2D eigenvalue weighted by Gasteiger charge is -2.21. The van der Waals surface area contributed by atoms with Crippen molar-refractivity contribution in [3.63, 3.8) is 0 Å². The van der Waals surface area contributed by atoms with Crippen molar-refractivity contribution in [2.45, 2.75) is 6.10 Å². The van der Waals surface area contributed by atoms with Gasteiger partial charge in [0.15, 0.2) is 0 Å². The molecule has 0 saturated heterocycles. The Bertz CT molecular complexity index is 440. The van der Waals surface area contributed by atoms with Gasteiger partial charge in [-0.3, -0.25) is 4.90 Å². The van der Waals surface area contributed by atoms with Gasteiger partial charge in [-0.2, -0.15) is 0 Å². The molecular formula is C15H17NO2. The average Bonchev–Trinajstić information content (AvgIpc) is 2.39. The fourth-order valence-corrected chi connectivity index (χ4v) is 1.64. The van der Waals surface area contributed by atoms with Crippen molar-refractivity contribution < 1.29 is 9.84 Å². The molecule has 1 aromatic carbocycles. The number of aliphatic hydroxyl groups excluding tert-OH is 1. The molecule has 0 fully saturated rings. The molecule has 1 aromatic rings. The fourth-order valence-electron chi connectivity index (χ4n) is 1.64. The lowest BCUT2D eigenvalue weighted by molar-refractivity contribution is 0.127. The molecule has 1 N–H and O–H groups in total. The maximum atomic E-state index is 10.1. The smallest absolute Gasteiger partial charge is 0.119 e. The quantitative estimate of drug-likeness (QED) is 0.764. The van der Waals surface area contributed by atoms with Crippen LogP contribution < -0.4 is 4.74 Å². The molecule has 1 unspecified atom stereocenters. The van der Waals surface area contributed by atoms with Gasteiger partial charge in [-0.15, -0.1) is 12.8 Å². The van der Waals surface area contributed by atoms with Crippen LogP contribution in [0.15, 0.2) is 24.3 Å². The minimum atomic E-state index is -0.637. The Kier molecular flexibility index (Phi) is 5.80. The van der Waals surface area contributed by atoms with E-state index in [0.717, 1.165) is 5.56 Å². The lowest BCUT2D eigenvalue weighted by Crippen LogP contribution is -2.29. The highest BCUT2D eigenvalue weighted by Gasteiger charge is 2.12. The first-order valence-electron chi connectivity index (χ1n) is 5.62. The highest BCUT2D eigenvalue weighted by Crippen LogP contribution is 2.19. The van der Waals surface area contributed by atoms with Crippen molar-refractivity contribution >= 4 is 0 Å². The number of hydrogen-bond acceptors (Lipinski definition) is 3. The zero-order valence-corrected chi connectivity index (χ0v) is 10.5. The van der Waals surface area contributed by atoms with Gasteiger partial charge in [0, 0.05) is 6.54 Å². The summed E-state index contributed by atoms with van der Waals surface area (Å²) in [6.07, 6.45) is 9.88. The minimum absolute atomic E-state index is 0.404. The van der Waals surface area contributed by atoms with Crippen molar-refractivity contribution in [1.29, 1.82) is 0 Å². The first kappa shape index (κ1) is 14.1. The van der Waals surface area contributed by atoms with Crippen molar-refractivity contribution in [3.8, 4) is 30.4 Å². The summed E-state index contributed by atoms with van der Waals surface area (Å²) in [5.74, 6) is 5.77.